The Morgan fingerprint density at radius 1 is 1.19 bits per heavy atom. The van der Waals surface area contributed by atoms with Crippen molar-refractivity contribution in [3.8, 4) is 0 Å². The summed E-state index contributed by atoms with van der Waals surface area (Å²) < 4.78 is 27.0. The molecule has 2 aromatic rings. The zero-order valence-corrected chi connectivity index (χ0v) is 18.1. The van der Waals surface area contributed by atoms with Crippen molar-refractivity contribution >= 4 is 35.2 Å². The molecule has 1 heterocycles. The number of hydrogen-bond donors (Lipinski definition) is 1. The highest BCUT2D eigenvalue weighted by atomic mass is 35.5. The maximum atomic E-state index is 13.9. The van der Waals surface area contributed by atoms with E-state index in [1.165, 1.54) is 25.1 Å². The average Bonchev–Trinajstić information content (AvgIpc) is 2.69. The van der Waals surface area contributed by atoms with Gasteiger partial charge in [0, 0.05) is 67.6 Å². The first-order valence-electron chi connectivity index (χ1n) is 9.95. The number of amides is 2. The van der Waals surface area contributed by atoms with Crippen LogP contribution in [0.4, 0.5) is 14.5 Å². The normalized spacial score (nSPS) is 17.2. The lowest BCUT2D eigenvalue weighted by Gasteiger charge is -2.39. The summed E-state index contributed by atoms with van der Waals surface area (Å²) in [7, 11) is 0. The van der Waals surface area contributed by atoms with Crippen LogP contribution in [0.3, 0.4) is 0 Å². The van der Waals surface area contributed by atoms with Gasteiger partial charge in [-0.05, 0) is 36.8 Å². The van der Waals surface area contributed by atoms with Crippen LogP contribution in [0.25, 0.3) is 6.08 Å². The summed E-state index contributed by atoms with van der Waals surface area (Å²) in [6, 6.07) is 8.56. The van der Waals surface area contributed by atoms with Gasteiger partial charge in [0.1, 0.15) is 11.6 Å². The molecule has 31 heavy (non-hydrogen) atoms. The summed E-state index contributed by atoms with van der Waals surface area (Å²) in [5, 5.41) is 3.18. The number of benzene rings is 2. The van der Waals surface area contributed by atoms with Gasteiger partial charge in [-0.1, -0.05) is 23.7 Å². The van der Waals surface area contributed by atoms with E-state index in [0.717, 1.165) is 6.07 Å². The highest BCUT2D eigenvalue weighted by Crippen LogP contribution is 2.23. The van der Waals surface area contributed by atoms with Crippen molar-refractivity contribution in [2.24, 2.45) is 0 Å². The second kappa shape index (κ2) is 10.0. The molecule has 5 nitrogen and oxygen atoms in total. The third kappa shape index (κ3) is 6.12. The van der Waals surface area contributed by atoms with Crippen molar-refractivity contribution in [1.82, 2.24) is 9.80 Å². The summed E-state index contributed by atoms with van der Waals surface area (Å²) in [4.78, 5) is 27.9. The standard InChI is InChI=1S/C23H24ClF2N3O2/c1-15-13-28(14-18-4-7-20(25)12-21(18)26)9-10-29(15)23(31)8-5-17-3-6-19(24)11-22(17)27-16(2)30/h3-8,11-12,15H,9-10,13-14H2,1-2H3,(H,27,30). The topological polar surface area (TPSA) is 52.7 Å². The number of hydrogen-bond acceptors (Lipinski definition) is 3. The van der Waals surface area contributed by atoms with Gasteiger partial charge in [-0.15, -0.1) is 0 Å². The largest absolute Gasteiger partial charge is 0.334 e. The van der Waals surface area contributed by atoms with Gasteiger partial charge in [0.05, 0.1) is 0 Å². The van der Waals surface area contributed by atoms with Gasteiger partial charge >= 0.3 is 0 Å². The number of rotatable bonds is 5. The van der Waals surface area contributed by atoms with Crippen LogP contribution < -0.4 is 5.32 Å². The molecule has 0 spiro atoms. The first kappa shape index (κ1) is 22.9. The predicted octanol–water partition coefficient (Wildman–Crippen LogP) is 4.32. The summed E-state index contributed by atoms with van der Waals surface area (Å²) in [6.07, 6.45) is 3.12. The van der Waals surface area contributed by atoms with Crippen LogP contribution in [0.1, 0.15) is 25.0 Å². The van der Waals surface area contributed by atoms with Crippen LogP contribution in [0.15, 0.2) is 42.5 Å². The number of halogens is 3. The lowest BCUT2D eigenvalue weighted by atomic mass is 10.1. The van der Waals surface area contributed by atoms with Crippen LogP contribution in [0, 0.1) is 11.6 Å². The van der Waals surface area contributed by atoms with Crippen LogP contribution in [-0.4, -0.2) is 47.3 Å². The molecular weight excluding hydrogens is 424 g/mol. The number of carbonyl (C=O) groups excluding carboxylic acids is 2. The van der Waals surface area contributed by atoms with E-state index in [-0.39, 0.29) is 17.9 Å². The quantitative estimate of drug-likeness (QED) is 0.694. The molecule has 8 heteroatoms. The number of nitrogens with one attached hydrogen (secondary N) is 1. The smallest absolute Gasteiger partial charge is 0.246 e. The Balaban J connectivity index is 1.63. The van der Waals surface area contributed by atoms with Crippen LogP contribution in [0.5, 0.6) is 0 Å². The Labute approximate surface area is 185 Å². The molecular formula is C23H24ClF2N3O2. The van der Waals surface area contributed by atoms with Gasteiger partial charge < -0.3 is 10.2 Å². The van der Waals surface area contributed by atoms with Gasteiger partial charge in [0.25, 0.3) is 0 Å². The second-order valence-electron chi connectivity index (χ2n) is 7.60. The zero-order valence-electron chi connectivity index (χ0n) is 17.4. The van der Waals surface area contributed by atoms with Gasteiger partial charge in [0.2, 0.25) is 11.8 Å². The van der Waals surface area contributed by atoms with Crippen molar-refractivity contribution in [1.29, 1.82) is 0 Å². The van der Waals surface area contributed by atoms with Crippen molar-refractivity contribution < 1.29 is 18.4 Å². The molecule has 1 unspecified atom stereocenters. The van der Waals surface area contributed by atoms with Gasteiger partial charge in [-0.3, -0.25) is 14.5 Å². The molecule has 3 rings (SSSR count). The van der Waals surface area contributed by atoms with Crippen molar-refractivity contribution in [3.63, 3.8) is 0 Å². The number of anilines is 1. The van der Waals surface area contributed by atoms with E-state index >= 15 is 0 Å². The fourth-order valence-corrected chi connectivity index (χ4v) is 3.80. The first-order valence-corrected chi connectivity index (χ1v) is 10.3. The molecule has 0 aromatic heterocycles. The molecule has 0 aliphatic carbocycles. The Morgan fingerprint density at radius 2 is 1.97 bits per heavy atom. The third-order valence-electron chi connectivity index (χ3n) is 5.14. The summed E-state index contributed by atoms with van der Waals surface area (Å²) >= 11 is 6.00. The summed E-state index contributed by atoms with van der Waals surface area (Å²) in [5.74, 6) is -1.54. The van der Waals surface area contributed by atoms with E-state index < -0.39 is 11.6 Å². The highest BCUT2D eigenvalue weighted by molar-refractivity contribution is 6.31. The molecule has 1 aliphatic rings. The molecule has 1 N–H and O–H groups in total. The fourth-order valence-electron chi connectivity index (χ4n) is 3.62. The Bertz CT molecular complexity index is 1010. The molecule has 164 valence electrons. The second-order valence-corrected chi connectivity index (χ2v) is 8.03. The molecule has 1 atom stereocenters. The molecule has 2 amide bonds. The summed E-state index contributed by atoms with van der Waals surface area (Å²) in [5.41, 5.74) is 1.63. The number of piperazine rings is 1. The van der Waals surface area contributed by atoms with Crippen LogP contribution in [-0.2, 0) is 16.1 Å². The molecule has 1 aliphatic heterocycles. The first-order chi connectivity index (χ1) is 14.7. The lowest BCUT2D eigenvalue weighted by Crippen LogP contribution is -2.53. The minimum atomic E-state index is -0.598. The zero-order chi connectivity index (χ0) is 22.5. The highest BCUT2D eigenvalue weighted by Gasteiger charge is 2.26. The summed E-state index contributed by atoms with van der Waals surface area (Å²) in [6.45, 7) is 5.35. The van der Waals surface area contributed by atoms with Crippen LogP contribution in [0.2, 0.25) is 5.02 Å². The maximum Gasteiger partial charge on any atom is 0.246 e. The van der Waals surface area contributed by atoms with Crippen LogP contribution >= 0.6 is 11.6 Å². The average molecular weight is 448 g/mol. The van der Waals surface area contributed by atoms with E-state index in [4.69, 9.17) is 11.6 Å². The SMILES string of the molecule is CC(=O)Nc1cc(Cl)ccc1C=CC(=O)N1CCN(Cc2ccc(F)cc2F)CC1C. The molecule has 0 radical (unpaired) electrons. The van der Waals surface area contributed by atoms with E-state index in [9.17, 15) is 18.4 Å². The maximum absolute atomic E-state index is 13.9. The minimum Gasteiger partial charge on any atom is -0.334 e. The van der Waals surface area contributed by atoms with E-state index in [0.29, 0.717) is 48.0 Å². The van der Waals surface area contributed by atoms with E-state index in [2.05, 4.69) is 5.32 Å². The number of carbonyl (C=O) groups is 2. The molecule has 0 saturated carbocycles. The Kier molecular flexibility index (Phi) is 7.41. The van der Waals surface area contributed by atoms with Gasteiger partial charge in [-0.25, -0.2) is 8.78 Å². The van der Waals surface area contributed by atoms with Gasteiger partial charge in [-0.2, -0.15) is 0 Å². The number of nitrogens with zero attached hydrogens (tertiary/aromatic N) is 2. The Hall–Kier alpha value is -2.77. The molecule has 2 aromatic carbocycles. The fraction of sp³-hybridized carbons (Fsp3) is 0.304. The molecule has 1 fully saturated rings. The Morgan fingerprint density at radius 3 is 2.65 bits per heavy atom. The van der Waals surface area contributed by atoms with Gasteiger partial charge in [0.15, 0.2) is 0 Å². The molecule has 0 bridgehead atoms. The monoisotopic (exact) mass is 447 g/mol. The van der Waals surface area contributed by atoms with Crippen molar-refractivity contribution in [2.45, 2.75) is 26.4 Å². The van der Waals surface area contributed by atoms with E-state index in [1.54, 1.807) is 29.2 Å². The molecule has 1 saturated heterocycles. The van der Waals surface area contributed by atoms with Crippen molar-refractivity contribution in [3.05, 3.63) is 70.3 Å². The lowest BCUT2D eigenvalue weighted by molar-refractivity contribution is -0.130. The van der Waals surface area contributed by atoms with E-state index in [1.807, 2.05) is 11.8 Å². The third-order valence-corrected chi connectivity index (χ3v) is 5.37. The van der Waals surface area contributed by atoms with Crippen molar-refractivity contribution in [2.75, 3.05) is 25.0 Å². The minimum absolute atomic E-state index is 0.0746. The predicted molar refractivity (Wildman–Crippen MR) is 118 cm³/mol.